The SMILES string of the molecule is CCCN(c1cccc(CNCC)n1)C1CC1. The average molecular weight is 233 g/mol. The molecule has 1 aliphatic carbocycles. The van der Waals surface area contributed by atoms with E-state index < -0.39 is 0 Å². The molecule has 0 aromatic carbocycles. The van der Waals surface area contributed by atoms with Crippen molar-refractivity contribution in [3.63, 3.8) is 0 Å². The number of nitrogens with one attached hydrogen (secondary N) is 1. The second-order valence-corrected chi connectivity index (χ2v) is 4.69. The Kier molecular flexibility index (Phi) is 4.37. The van der Waals surface area contributed by atoms with Crippen molar-refractivity contribution >= 4 is 5.82 Å². The number of rotatable bonds is 7. The first-order chi connectivity index (χ1) is 8.35. The molecule has 17 heavy (non-hydrogen) atoms. The molecule has 1 aromatic heterocycles. The molecule has 94 valence electrons. The summed E-state index contributed by atoms with van der Waals surface area (Å²) in [6.45, 7) is 7.35. The smallest absolute Gasteiger partial charge is 0.129 e. The highest BCUT2D eigenvalue weighted by molar-refractivity contribution is 5.42. The molecule has 0 aliphatic heterocycles. The van der Waals surface area contributed by atoms with Gasteiger partial charge in [-0.2, -0.15) is 0 Å². The van der Waals surface area contributed by atoms with Crippen LogP contribution < -0.4 is 10.2 Å². The van der Waals surface area contributed by atoms with Crippen LogP contribution >= 0.6 is 0 Å². The van der Waals surface area contributed by atoms with Gasteiger partial charge in [-0.1, -0.05) is 19.9 Å². The lowest BCUT2D eigenvalue weighted by Crippen LogP contribution is -2.27. The maximum Gasteiger partial charge on any atom is 0.129 e. The number of aromatic nitrogens is 1. The van der Waals surface area contributed by atoms with Crippen molar-refractivity contribution in [2.75, 3.05) is 18.0 Å². The number of pyridine rings is 1. The van der Waals surface area contributed by atoms with Crippen molar-refractivity contribution in [3.05, 3.63) is 23.9 Å². The lowest BCUT2D eigenvalue weighted by molar-refractivity contribution is 0.701. The van der Waals surface area contributed by atoms with E-state index in [1.807, 2.05) is 0 Å². The van der Waals surface area contributed by atoms with Crippen molar-refractivity contribution in [2.45, 2.75) is 45.7 Å². The minimum atomic E-state index is 0.747. The molecule has 0 unspecified atom stereocenters. The molecule has 1 heterocycles. The Balaban J connectivity index is 2.07. The van der Waals surface area contributed by atoms with E-state index in [2.05, 4.69) is 42.3 Å². The second kappa shape index (κ2) is 6.01. The molecule has 0 atom stereocenters. The molecule has 0 radical (unpaired) electrons. The first-order valence-electron chi connectivity index (χ1n) is 6.78. The minimum Gasteiger partial charge on any atom is -0.354 e. The third-order valence-corrected chi connectivity index (χ3v) is 3.09. The van der Waals surface area contributed by atoms with Gasteiger partial charge in [-0.3, -0.25) is 0 Å². The van der Waals surface area contributed by atoms with Crippen LogP contribution in [0, 0.1) is 0 Å². The monoisotopic (exact) mass is 233 g/mol. The molecular formula is C14H23N3. The predicted octanol–water partition coefficient (Wildman–Crippen LogP) is 2.57. The number of anilines is 1. The van der Waals surface area contributed by atoms with Crippen molar-refractivity contribution in [1.82, 2.24) is 10.3 Å². The van der Waals surface area contributed by atoms with E-state index >= 15 is 0 Å². The molecular weight excluding hydrogens is 210 g/mol. The van der Waals surface area contributed by atoms with E-state index in [1.165, 1.54) is 19.3 Å². The Bertz CT molecular complexity index is 347. The topological polar surface area (TPSA) is 28.2 Å². The Morgan fingerprint density at radius 1 is 1.35 bits per heavy atom. The maximum absolute atomic E-state index is 4.75. The van der Waals surface area contributed by atoms with E-state index in [-0.39, 0.29) is 0 Å². The Hall–Kier alpha value is -1.09. The summed E-state index contributed by atoms with van der Waals surface area (Å²) < 4.78 is 0. The van der Waals surface area contributed by atoms with Crippen molar-refractivity contribution in [3.8, 4) is 0 Å². The van der Waals surface area contributed by atoms with E-state index in [4.69, 9.17) is 4.98 Å². The molecule has 0 saturated heterocycles. The summed E-state index contributed by atoms with van der Waals surface area (Å²) in [5.41, 5.74) is 1.14. The quantitative estimate of drug-likeness (QED) is 0.784. The van der Waals surface area contributed by atoms with Gasteiger partial charge >= 0.3 is 0 Å². The molecule has 0 bridgehead atoms. The highest BCUT2D eigenvalue weighted by Crippen LogP contribution is 2.30. The summed E-state index contributed by atoms with van der Waals surface area (Å²) in [5, 5.41) is 3.33. The highest BCUT2D eigenvalue weighted by Gasteiger charge is 2.29. The van der Waals surface area contributed by atoms with Gasteiger partial charge in [0, 0.05) is 19.1 Å². The minimum absolute atomic E-state index is 0.747. The van der Waals surface area contributed by atoms with Crippen LogP contribution in [0.3, 0.4) is 0 Å². The molecule has 1 aromatic rings. The molecule has 2 rings (SSSR count). The number of hydrogen-bond donors (Lipinski definition) is 1. The zero-order valence-electron chi connectivity index (χ0n) is 10.9. The van der Waals surface area contributed by atoms with Crippen molar-refractivity contribution in [1.29, 1.82) is 0 Å². The van der Waals surface area contributed by atoms with Gasteiger partial charge in [-0.15, -0.1) is 0 Å². The van der Waals surface area contributed by atoms with E-state index in [0.717, 1.165) is 37.2 Å². The lowest BCUT2D eigenvalue weighted by Gasteiger charge is -2.23. The average Bonchev–Trinajstić information content (AvgIpc) is 3.18. The molecule has 1 fully saturated rings. The fourth-order valence-corrected chi connectivity index (χ4v) is 2.09. The number of hydrogen-bond acceptors (Lipinski definition) is 3. The van der Waals surface area contributed by atoms with Gasteiger partial charge in [0.2, 0.25) is 0 Å². The molecule has 1 saturated carbocycles. The van der Waals surface area contributed by atoms with Gasteiger partial charge in [0.25, 0.3) is 0 Å². The highest BCUT2D eigenvalue weighted by atomic mass is 15.2. The second-order valence-electron chi connectivity index (χ2n) is 4.69. The largest absolute Gasteiger partial charge is 0.354 e. The van der Waals surface area contributed by atoms with Crippen LogP contribution in [-0.4, -0.2) is 24.1 Å². The van der Waals surface area contributed by atoms with Gasteiger partial charge in [0.15, 0.2) is 0 Å². The van der Waals surface area contributed by atoms with Gasteiger partial charge in [-0.25, -0.2) is 4.98 Å². The third-order valence-electron chi connectivity index (χ3n) is 3.09. The summed E-state index contributed by atoms with van der Waals surface area (Å²) >= 11 is 0. The van der Waals surface area contributed by atoms with Crippen LogP contribution in [0.15, 0.2) is 18.2 Å². The fourth-order valence-electron chi connectivity index (χ4n) is 2.09. The van der Waals surface area contributed by atoms with Gasteiger partial charge < -0.3 is 10.2 Å². The first kappa shape index (κ1) is 12.4. The maximum atomic E-state index is 4.75. The van der Waals surface area contributed by atoms with Gasteiger partial charge in [0.05, 0.1) is 5.69 Å². The van der Waals surface area contributed by atoms with E-state index in [9.17, 15) is 0 Å². The van der Waals surface area contributed by atoms with Gasteiger partial charge in [-0.05, 0) is 37.9 Å². The molecule has 0 amide bonds. The van der Waals surface area contributed by atoms with Crippen molar-refractivity contribution in [2.24, 2.45) is 0 Å². The van der Waals surface area contributed by atoms with Crippen LogP contribution in [0.2, 0.25) is 0 Å². The fraction of sp³-hybridized carbons (Fsp3) is 0.643. The predicted molar refractivity (Wildman–Crippen MR) is 72.3 cm³/mol. The Morgan fingerprint density at radius 2 is 2.18 bits per heavy atom. The summed E-state index contributed by atoms with van der Waals surface area (Å²) in [7, 11) is 0. The van der Waals surface area contributed by atoms with Crippen LogP contribution in [-0.2, 0) is 6.54 Å². The Labute approximate surface area is 104 Å². The zero-order valence-corrected chi connectivity index (χ0v) is 10.9. The molecule has 3 heteroatoms. The van der Waals surface area contributed by atoms with Crippen molar-refractivity contribution < 1.29 is 0 Å². The summed E-state index contributed by atoms with van der Waals surface area (Å²) in [6.07, 6.45) is 3.86. The summed E-state index contributed by atoms with van der Waals surface area (Å²) in [4.78, 5) is 7.22. The molecule has 0 spiro atoms. The zero-order chi connectivity index (χ0) is 12.1. The van der Waals surface area contributed by atoms with E-state index in [0.29, 0.717) is 0 Å². The lowest BCUT2D eigenvalue weighted by atomic mass is 10.3. The third kappa shape index (κ3) is 3.43. The summed E-state index contributed by atoms with van der Waals surface area (Å²) in [5.74, 6) is 1.16. The van der Waals surface area contributed by atoms with Crippen LogP contribution in [0.1, 0.15) is 38.8 Å². The molecule has 1 N–H and O–H groups in total. The van der Waals surface area contributed by atoms with E-state index in [1.54, 1.807) is 0 Å². The van der Waals surface area contributed by atoms with Gasteiger partial charge in [0.1, 0.15) is 5.82 Å². The Morgan fingerprint density at radius 3 is 2.82 bits per heavy atom. The normalized spacial score (nSPS) is 14.9. The van der Waals surface area contributed by atoms with Crippen LogP contribution in [0.4, 0.5) is 5.82 Å². The molecule has 1 aliphatic rings. The first-order valence-corrected chi connectivity index (χ1v) is 6.78. The number of nitrogens with zero attached hydrogens (tertiary/aromatic N) is 2. The van der Waals surface area contributed by atoms with Crippen LogP contribution in [0.5, 0.6) is 0 Å². The van der Waals surface area contributed by atoms with Crippen LogP contribution in [0.25, 0.3) is 0 Å². The summed E-state index contributed by atoms with van der Waals surface area (Å²) in [6, 6.07) is 7.11. The standard InChI is InChI=1S/C14H23N3/c1-3-10-17(13-8-9-13)14-7-5-6-12(16-14)11-15-4-2/h5-7,13,15H,3-4,8-11H2,1-2H3. The molecule has 3 nitrogen and oxygen atoms in total.